The number of fused-ring (bicyclic) bond motifs is 12. The molecule has 0 fully saturated rings. The van der Waals surface area contributed by atoms with Crippen LogP contribution in [0.1, 0.15) is 25.0 Å². The summed E-state index contributed by atoms with van der Waals surface area (Å²) in [4.78, 5) is 6.79. The average molecular weight is 1310 g/mol. The van der Waals surface area contributed by atoms with Crippen molar-refractivity contribution >= 4 is 99.5 Å². The summed E-state index contributed by atoms with van der Waals surface area (Å²) in [6, 6.07) is 133. The van der Waals surface area contributed by atoms with Gasteiger partial charge in [-0.25, -0.2) is 0 Å². The van der Waals surface area contributed by atoms with E-state index in [2.05, 4.69) is 433 Å². The molecule has 490 valence electrons. The van der Waals surface area contributed by atoms with Gasteiger partial charge in [0.25, 0.3) is 0 Å². The molecular formula is C96H76N6. The fourth-order valence-electron chi connectivity index (χ4n) is 15.6. The summed E-state index contributed by atoms with van der Waals surface area (Å²) < 4.78 is 7.07. The van der Waals surface area contributed by atoms with Crippen LogP contribution in [0.4, 0.5) is 34.1 Å². The molecule has 3 heterocycles. The van der Waals surface area contributed by atoms with Crippen molar-refractivity contribution in [2.75, 3.05) is 35.8 Å². The smallest absolute Gasteiger partial charge is 0.0541 e. The van der Waals surface area contributed by atoms with Crippen LogP contribution in [0.5, 0.6) is 0 Å². The SMILES string of the molecule is CN(c1ccc(-n2c3ccccc3c3ccccc32)cc1)c1ccc2c(c1)C(C)(C)c1ccccc1-2.CN(c1ccc(-n2c3ccccc3c3ccccc32)cc1)c1cccc(-c2ccccc2)c1.CN(c1ccc(-n2c3ccccc3c3ccccc32)cc1)c1ccccc1-c1ccccc1. The Hall–Kier alpha value is -12.9. The Morgan fingerprint density at radius 2 is 0.529 bits per heavy atom. The zero-order chi connectivity index (χ0) is 68.8. The third kappa shape index (κ3) is 11.2. The number of nitrogens with zero attached hydrogens (tertiary/aromatic N) is 6. The highest BCUT2D eigenvalue weighted by Crippen LogP contribution is 2.50. The van der Waals surface area contributed by atoms with E-state index in [9.17, 15) is 0 Å². The predicted octanol–water partition coefficient (Wildman–Crippen LogP) is 25.3. The summed E-state index contributed by atoms with van der Waals surface area (Å²) in [5, 5.41) is 7.71. The number of hydrogen-bond acceptors (Lipinski definition) is 3. The van der Waals surface area contributed by atoms with Gasteiger partial charge in [0, 0.05) is 116 Å². The lowest BCUT2D eigenvalue weighted by molar-refractivity contribution is 0.660. The second-order valence-electron chi connectivity index (χ2n) is 27.0. The van der Waals surface area contributed by atoms with Crippen molar-refractivity contribution in [1.82, 2.24) is 13.7 Å². The van der Waals surface area contributed by atoms with E-state index in [1.807, 2.05) is 0 Å². The minimum absolute atomic E-state index is 0.00314. The predicted molar refractivity (Wildman–Crippen MR) is 434 cm³/mol. The molecule has 0 N–H and O–H groups in total. The molecule has 0 saturated carbocycles. The molecule has 1 aliphatic rings. The van der Waals surface area contributed by atoms with Crippen LogP contribution in [0.25, 0.3) is 116 Å². The molecule has 0 bridgehead atoms. The van der Waals surface area contributed by atoms with Gasteiger partial charge in [0.1, 0.15) is 0 Å². The minimum atomic E-state index is 0.00314. The normalized spacial score (nSPS) is 12.0. The minimum Gasteiger partial charge on any atom is -0.345 e. The highest BCUT2D eigenvalue weighted by molar-refractivity contribution is 6.11. The zero-order valence-corrected chi connectivity index (χ0v) is 57.9. The average Bonchev–Trinajstić information content (AvgIpc) is 1.61. The van der Waals surface area contributed by atoms with Crippen molar-refractivity contribution in [3.05, 3.63) is 381 Å². The van der Waals surface area contributed by atoms with Gasteiger partial charge in [-0.05, 0) is 178 Å². The lowest BCUT2D eigenvalue weighted by Crippen LogP contribution is -2.16. The van der Waals surface area contributed by atoms with Crippen LogP contribution in [-0.4, -0.2) is 34.8 Å². The lowest BCUT2D eigenvalue weighted by Gasteiger charge is -2.25. The Kier molecular flexibility index (Phi) is 16.2. The second-order valence-corrected chi connectivity index (χ2v) is 27.0. The quantitative estimate of drug-likeness (QED) is 0.129. The Balaban J connectivity index is 0.000000114. The van der Waals surface area contributed by atoms with Gasteiger partial charge in [-0.15, -0.1) is 0 Å². The van der Waals surface area contributed by atoms with Crippen LogP contribution in [0.2, 0.25) is 0 Å². The van der Waals surface area contributed by atoms with Crippen LogP contribution in [0, 0.1) is 0 Å². The summed E-state index contributed by atoms with van der Waals surface area (Å²) in [5.41, 5.74) is 28.4. The van der Waals surface area contributed by atoms with Crippen molar-refractivity contribution in [2.45, 2.75) is 19.3 Å². The van der Waals surface area contributed by atoms with E-state index in [0.29, 0.717) is 0 Å². The van der Waals surface area contributed by atoms with Gasteiger partial charge in [-0.1, -0.05) is 244 Å². The molecule has 6 nitrogen and oxygen atoms in total. The van der Waals surface area contributed by atoms with Crippen LogP contribution in [-0.2, 0) is 5.41 Å². The van der Waals surface area contributed by atoms with E-state index >= 15 is 0 Å². The molecule has 0 unspecified atom stereocenters. The van der Waals surface area contributed by atoms with Gasteiger partial charge >= 0.3 is 0 Å². The molecule has 1 aliphatic carbocycles. The van der Waals surface area contributed by atoms with E-state index in [0.717, 1.165) is 11.4 Å². The van der Waals surface area contributed by atoms with Gasteiger partial charge in [0.15, 0.2) is 0 Å². The molecule has 0 saturated heterocycles. The summed E-state index contributed by atoms with van der Waals surface area (Å²) in [5.74, 6) is 0. The highest BCUT2D eigenvalue weighted by atomic mass is 15.1. The van der Waals surface area contributed by atoms with Crippen molar-refractivity contribution in [3.8, 4) is 50.4 Å². The fourth-order valence-corrected chi connectivity index (χ4v) is 15.6. The second kappa shape index (κ2) is 26.4. The lowest BCUT2D eigenvalue weighted by atomic mass is 9.82. The number of hydrogen-bond donors (Lipinski definition) is 0. The van der Waals surface area contributed by atoms with E-state index < -0.39 is 0 Å². The van der Waals surface area contributed by atoms with Crippen molar-refractivity contribution in [3.63, 3.8) is 0 Å². The van der Waals surface area contributed by atoms with Crippen molar-refractivity contribution < 1.29 is 0 Å². The molecule has 0 amide bonds. The number of rotatable bonds is 11. The molecule has 18 aromatic rings. The van der Waals surface area contributed by atoms with E-state index in [-0.39, 0.29) is 5.41 Å². The third-order valence-electron chi connectivity index (χ3n) is 20.9. The van der Waals surface area contributed by atoms with Crippen LogP contribution >= 0.6 is 0 Å². The Morgan fingerprint density at radius 3 is 0.961 bits per heavy atom. The molecule has 102 heavy (non-hydrogen) atoms. The molecule has 0 aliphatic heterocycles. The first-order chi connectivity index (χ1) is 50.1. The van der Waals surface area contributed by atoms with E-state index in [1.165, 1.54) is 150 Å². The van der Waals surface area contributed by atoms with Gasteiger partial charge in [0.05, 0.1) is 33.1 Å². The summed E-state index contributed by atoms with van der Waals surface area (Å²) in [6.07, 6.45) is 0. The number of para-hydroxylation sites is 7. The summed E-state index contributed by atoms with van der Waals surface area (Å²) in [6.45, 7) is 4.67. The maximum Gasteiger partial charge on any atom is 0.0541 e. The van der Waals surface area contributed by atoms with Crippen molar-refractivity contribution in [1.29, 1.82) is 0 Å². The monoisotopic (exact) mass is 1310 g/mol. The number of anilines is 6. The van der Waals surface area contributed by atoms with Gasteiger partial charge in [-0.3, -0.25) is 0 Å². The summed E-state index contributed by atoms with van der Waals surface area (Å²) >= 11 is 0. The Morgan fingerprint density at radius 1 is 0.216 bits per heavy atom. The summed E-state index contributed by atoms with van der Waals surface area (Å²) in [7, 11) is 6.42. The van der Waals surface area contributed by atoms with Crippen molar-refractivity contribution in [2.24, 2.45) is 0 Å². The van der Waals surface area contributed by atoms with Gasteiger partial charge < -0.3 is 28.4 Å². The zero-order valence-electron chi connectivity index (χ0n) is 57.9. The van der Waals surface area contributed by atoms with Gasteiger partial charge in [0.2, 0.25) is 0 Å². The highest BCUT2D eigenvalue weighted by Gasteiger charge is 2.35. The Labute approximate surface area is 596 Å². The van der Waals surface area contributed by atoms with E-state index in [1.54, 1.807) is 0 Å². The molecule has 19 rings (SSSR count). The number of aromatic nitrogens is 3. The molecule has 0 spiro atoms. The maximum absolute atomic E-state index is 2.37. The number of benzene rings is 15. The molecule has 3 aromatic heterocycles. The molecule has 6 heteroatoms. The van der Waals surface area contributed by atoms with Crippen LogP contribution in [0.3, 0.4) is 0 Å². The topological polar surface area (TPSA) is 24.5 Å². The maximum atomic E-state index is 2.37. The van der Waals surface area contributed by atoms with Crippen LogP contribution < -0.4 is 14.7 Å². The first-order valence-electron chi connectivity index (χ1n) is 35.2. The molecular weight excluding hydrogens is 1240 g/mol. The third-order valence-corrected chi connectivity index (χ3v) is 20.9. The van der Waals surface area contributed by atoms with Crippen LogP contribution in [0.15, 0.2) is 370 Å². The first kappa shape index (κ1) is 62.6. The molecule has 0 radical (unpaired) electrons. The standard InChI is InChI=1S/C34H28N2.2C31H24N2/c1-34(2)30-13-7-4-10-26(30)27-21-20-25(22-31(27)34)35(3)23-16-18-24(19-17-23)36-32-14-8-5-11-28(32)29-12-6-9-15-33(29)36;1-32(29-16-8-5-13-26(29)23-11-3-2-4-12-23)24-19-21-25(22-20-24)33-30-17-9-6-14-27(30)28-15-7-10-18-31(28)33;1-32(27-13-9-12-24(22-27)23-10-3-2-4-11-23)25-18-20-26(21-19-25)33-30-16-7-5-14-28(30)29-15-6-8-17-31(29)33/h4-22H,1-3H3;2*2-22H,1H3. The Bertz CT molecular complexity index is 5920. The fraction of sp³-hybridized carbons (Fsp3) is 0.0625. The molecule has 0 atom stereocenters. The molecule has 15 aromatic carbocycles. The largest absolute Gasteiger partial charge is 0.345 e. The first-order valence-corrected chi connectivity index (χ1v) is 35.2. The van der Waals surface area contributed by atoms with Gasteiger partial charge in [-0.2, -0.15) is 0 Å². The van der Waals surface area contributed by atoms with E-state index in [4.69, 9.17) is 0 Å².